The van der Waals surface area contributed by atoms with E-state index >= 15 is 0 Å². The Morgan fingerprint density at radius 3 is 2.44 bits per heavy atom. The maximum atomic E-state index is 13.1. The normalized spacial score (nSPS) is 10.3. The van der Waals surface area contributed by atoms with Crippen LogP contribution in [0, 0.1) is 15.9 Å². The fourth-order valence-electron chi connectivity index (χ4n) is 1.35. The molecule has 0 aliphatic carbocycles. The first-order chi connectivity index (χ1) is 8.56. The van der Waals surface area contributed by atoms with Crippen LogP contribution in [-0.4, -0.2) is 4.92 Å². The van der Waals surface area contributed by atoms with Crippen molar-refractivity contribution in [3.8, 4) is 0 Å². The predicted molar refractivity (Wildman–Crippen MR) is 68.6 cm³/mol. The lowest BCUT2D eigenvalue weighted by Crippen LogP contribution is -1.91. The zero-order valence-electron chi connectivity index (χ0n) is 8.97. The van der Waals surface area contributed by atoms with Gasteiger partial charge in [-0.2, -0.15) is 0 Å². The van der Waals surface area contributed by atoms with Crippen LogP contribution >= 0.6 is 23.4 Å². The molecule has 0 aliphatic heterocycles. The summed E-state index contributed by atoms with van der Waals surface area (Å²) in [5.41, 5.74) is -0.114. The van der Waals surface area contributed by atoms with Crippen molar-refractivity contribution in [2.75, 3.05) is 0 Å². The van der Waals surface area contributed by atoms with Crippen molar-refractivity contribution in [3.05, 3.63) is 63.4 Å². The van der Waals surface area contributed by atoms with E-state index in [4.69, 9.17) is 11.6 Å². The molecular weight excluding hydrogens is 277 g/mol. The number of benzene rings is 2. The van der Waals surface area contributed by atoms with Crippen LogP contribution in [0.15, 0.2) is 52.3 Å². The van der Waals surface area contributed by atoms with Crippen molar-refractivity contribution in [1.82, 2.24) is 0 Å². The summed E-state index contributed by atoms with van der Waals surface area (Å²) >= 11 is 6.87. The average molecular weight is 284 g/mol. The molecule has 0 amide bonds. The SMILES string of the molecule is O=[N+]([O-])c1ccc(F)cc1Sc1ccc(Cl)cc1. The molecule has 2 aromatic rings. The highest BCUT2D eigenvalue weighted by Crippen LogP contribution is 2.35. The second-order valence-electron chi connectivity index (χ2n) is 3.43. The van der Waals surface area contributed by atoms with Gasteiger partial charge in [0.05, 0.1) is 9.82 Å². The lowest BCUT2D eigenvalue weighted by atomic mass is 10.3. The molecule has 0 bridgehead atoms. The Bertz CT molecular complexity index is 589. The molecule has 0 aliphatic rings. The van der Waals surface area contributed by atoms with Gasteiger partial charge in [0.25, 0.3) is 5.69 Å². The second-order valence-corrected chi connectivity index (χ2v) is 4.98. The Morgan fingerprint density at radius 1 is 1.17 bits per heavy atom. The minimum absolute atomic E-state index is 0.114. The van der Waals surface area contributed by atoms with Gasteiger partial charge in [-0.15, -0.1) is 0 Å². The molecule has 3 nitrogen and oxygen atoms in total. The molecule has 0 saturated heterocycles. The van der Waals surface area contributed by atoms with Gasteiger partial charge in [-0.1, -0.05) is 23.4 Å². The molecule has 0 saturated carbocycles. The Balaban J connectivity index is 2.35. The summed E-state index contributed by atoms with van der Waals surface area (Å²) in [5.74, 6) is -0.503. The molecule has 0 unspecified atom stereocenters. The number of nitro benzene ring substituents is 1. The first kappa shape index (κ1) is 12.9. The van der Waals surface area contributed by atoms with E-state index in [9.17, 15) is 14.5 Å². The van der Waals surface area contributed by atoms with E-state index in [1.807, 2.05) is 0 Å². The van der Waals surface area contributed by atoms with Crippen LogP contribution in [0.1, 0.15) is 0 Å². The van der Waals surface area contributed by atoms with Crippen LogP contribution in [0.3, 0.4) is 0 Å². The molecule has 0 heterocycles. The van der Waals surface area contributed by atoms with Gasteiger partial charge in [0, 0.05) is 16.0 Å². The summed E-state index contributed by atoms with van der Waals surface area (Å²) in [5, 5.41) is 11.4. The Kier molecular flexibility index (Phi) is 3.84. The molecule has 92 valence electrons. The van der Waals surface area contributed by atoms with Crippen molar-refractivity contribution in [2.45, 2.75) is 9.79 Å². The van der Waals surface area contributed by atoms with Crippen LogP contribution in [0.5, 0.6) is 0 Å². The van der Waals surface area contributed by atoms with E-state index in [0.29, 0.717) is 5.02 Å². The van der Waals surface area contributed by atoms with Crippen molar-refractivity contribution >= 4 is 29.1 Å². The van der Waals surface area contributed by atoms with Gasteiger partial charge in [-0.25, -0.2) is 4.39 Å². The predicted octanol–water partition coefficient (Wildman–Crippen LogP) is 4.54. The quantitative estimate of drug-likeness (QED) is 0.613. The monoisotopic (exact) mass is 283 g/mol. The first-order valence-electron chi connectivity index (χ1n) is 4.93. The van der Waals surface area contributed by atoms with Gasteiger partial charge in [-0.3, -0.25) is 10.1 Å². The molecule has 6 heteroatoms. The van der Waals surface area contributed by atoms with Crippen LogP contribution in [0.25, 0.3) is 0 Å². The summed E-state index contributed by atoms with van der Waals surface area (Å²) in [6.45, 7) is 0. The highest BCUT2D eigenvalue weighted by atomic mass is 35.5. The Hall–Kier alpha value is -1.59. The molecule has 18 heavy (non-hydrogen) atoms. The van der Waals surface area contributed by atoms with E-state index in [1.165, 1.54) is 0 Å². The van der Waals surface area contributed by atoms with Crippen molar-refractivity contribution in [3.63, 3.8) is 0 Å². The Morgan fingerprint density at radius 2 is 1.83 bits per heavy atom. The third kappa shape index (κ3) is 3.00. The van der Waals surface area contributed by atoms with Crippen LogP contribution in [0.4, 0.5) is 10.1 Å². The summed E-state index contributed by atoms with van der Waals surface area (Å²) in [4.78, 5) is 11.3. The van der Waals surface area contributed by atoms with Gasteiger partial charge in [-0.05, 0) is 36.4 Å². The second kappa shape index (κ2) is 5.37. The highest BCUT2D eigenvalue weighted by Gasteiger charge is 2.15. The van der Waals surface area contributed by atoms with E-state index in [-0.39, 0.29) is 10.6 Å². The van der Waals surface area contributed by atoms with E-state index < -0.39 is 10.7 Å². The topological polar surface area (TPSA) is 43.1 Å². The fraction of sp³-hybridized carbons (Fsp3) is 0. The summed E-state index contributed by atoms with van der Waals surface area (Å²) in [6.07, 6.45) is 0. The Labute approximate surface area is 112 Å². The van der Waals surface area contributed by atoms with Crippen LogP contribution in [0.2, 0.25) is 5.02 Å². The standard InChI is InChI=1S/C12H7ClFNO2S/c13-8-1-4-10(5-2-8)18-12-7-9(14)3-6-11(12)15(16)17/h1-7H. The minimum Gasteiger partial charge on any atom is -0.258 e. The maximum absolute atomic E-state index is 13.1. The summed E-state index contributed by atoms with van der Waals surface area (Å²) in [6, 6.07) is 10.2. The minimum atomic E-state index is -0.530. The van der Waals surface area contributed by atoms with Crippen LogP contribution < -0.4 is 0 Å². The molecule has 0 radical (unpaired) electrons. The molecule has 2 rings (SSSR count). The van der Waals surface area contributed by atoms with Crippen molar-refractivity contribution < 1.29 is 9.31 Å². The molecule has 0 atom stereocenters. The van der Waals surface area contributed by atoms with E-state index in [0.717, 1.165) is 34.9 Å². The smallest absolute Gasteiger partial charge is 0.258 e. The third-order valence-electron chi connectivity index (χ3n) is 2.16. The van der Waals surface area contributed by atoms with Gasteiger partial charge in [0.2, 0.25) is 0 Å². The van der Waals surface area contributed by atoms with Crippen molar-refractivity contribution in [1.29, 1.82) is 0 Å². The first-order valence-corrected chi connectivity index (χ1v) is 6.13. The third-order valence-corrected chi connectivity index (χ3v) is 3.47. The molecule has 2 aromatic carbocycles. The lowest BCUT2D eigenvalue weighted by Gasteiger charge is -2.03. The highest BCUT2D eigenvalue weighted by molar-refractivity contribution is 7.99. The number of nitro groups is 1. The van der Waals surface area contributed by atoms with Gasteiger partial charge in [0.15, 0.2) is 0 Å². The molecule has 0 N–H and O–H groups in total. The number of halogens is 2. The number of hydrogen-bond donors (Lipinski definition) is 0. The molecule has 0 fully saturated rings. The van der Waals surface area contributed by atoms with Gasteiger partial charge in [0.1, 0.15) is 5.82 Å². The zero-order chi connectivity index (χ0) is 13.1. The molecule has 0 aromatic heterocycles. The zero-order valence-corrected chi connectivity index (χ0v) is 10.5. The summed E-state index contributed by atoms with van der Waals surface area (Å²) in [7, 11) is 0. The fourth-order valence-corrected chi connectivity index (χ4v) is 2.42. The summed E-state index contributed by atoms with van der Waals surface area (Å²) < 4.78 is 13.1. The molecule has 0 spiro atoms. The lowest BCUT2D eigenvalue weighted by molar-refractivity contribution is -0.387. The number of rotatable bonds is 3. The maximum Gasteiger partial charge on any atom is 0.283 e. The van der Waals surface area contributed by atoms with Gasteiger partial charge >= 0.3 is 0 Å². The average Bonchev–Trinajstić information content (AvgIpc) is 2.32. The number of hydrogen-bond acceptors (Lipinski definition) is 3. The largest absolute Gasteiger partial charge is 0.283 e. The van der Waals surface area contributed by atoms with Crippen molar-refractivity contribution in [2.24, 2.45) is 0 Å². The van der Waals surface area contributed by atoms with E-state index in [2.05, 4.69) is 0 Å². The van der Waals surface area contributed by atoms with E-state index in [1.54, 1.807) is 24.3 Å². The van der Waals surface area contributed by atoms with Gasteiger partial charge < -0.3 is 0 Å². The van der Waals surface area contributed by atoms with Crippen LogP contribution in [-0.2, 0) is 0 Å². The number of nitrogens with zero attached hydrogens (tertiary/aromatic N) is 1. The molecular formula is C12H7ClFNO2S.